The topological polar surface area (TPSA) is 38.7 Å². The van der Waals surface area contributed by atoms with E-state index in [9.17, 15) is 0 Å². The van der Waals surface area contributed by atoms with E-state index in [0.29, 0.717) is 17.5 Å². The fourth-order valence-electron chi connectivity index (χ4n) is 6.83. The van der Waals surface area contributed by atoms with Crippen molar-refractivity contribution in [1.29, 1.82) is 0 Å². The van der Waals surface area contributed by atoms with Crippen molar-refractivity contribution in [2.75, 3.05) is 0 Å². The molecular weight excluding hydrogens is 607 g/mol. The summed E-state index contributed by atoms with van der Waals surface area (Å²) in [5, 5.41) is 4.72. The van der Waals surface area contributed by atoms with Crippen molar-refractivity contribution in [3.05, 3.63) is 188 Å². The standard InChI is InChI=1S/C47H31N3/c1-3-12-32(13-4-1)33-22-24-34(25-23-33)35-26-28-38(29-27-35)46-48-45(37-15-5-2-6-16-37)49-47(50-46)44-31-30-43(41-19-9-10-20-42(41)44)40-21-11-17-36-14-7-8-18-39(36)40/h1-31H. The largest absolute Gasteiger partial charge is 0.208 e. The van der Waals surface area contributed by atoms with E-state index in [1.54, 1.807) is 0 Å². The first kappa shape index (κ1) is 29.4. The van der Waals surface area contributed by atoms with Crippen molar-refractivity contribution in [1.82, 2.24) is 15.0 Å². The third-order valence-electron chi connectivity index (χ3n) is 9.38. The molecule has 0 spiro atoms. The first-order valence-electron chi connectivity index (χ1n) is 16.9. The molecule has 50 heavy (non-hydrogen) atoms. The van der Waals surface area contributed by atoms with Gasteiger partial charge in [-0.2, -0.15) is 0 Å². The van der Waals surface area contributed by atoms with Gasteiger partial charge in [0.05, 0.1) is 0 Å². The van der Waals surface area contributed by atoms with Gasteiger partial charge in [-0.3, -0.25) is 0 Å². The van der Waals surface area contributed by atoms with Crippen LogP contribution in [0.5, 0.6) is 0 Å². The van der Waals surface area contributed by atoms with Gasteiger partial charge >= 0.3 is 0 Å². The Morgan fingerprint density at radius 1 is 0.220 bits per heavy atom. The zero-order chi connectivity index (χ0) is 33.3. The minimum atomic E-state index is 0.641. The van der Waals surface area contributed by atoms with Crippen LogP contribution >= 0.6 is 0 Å². The van der Waals surface area contributed by atoms with Crippen molar-refractivity contribution in [3.8, 4) is 67.5 Å². The Hall–Kier alpha value is -6.71. The Bertz CT molecular complexity index is 2610. The quantitative estimate of drug-likeness (QED) is 0.182. The maximum absolute atomic E-state index is 5.13. The zero-order valence-corrected chi connectivity index (χ0v) is 27.2. The molecule has 0 amide bonds. The highest BCUT2D eigenvalue weighted by Gasteiger charge is 2.17. The van der Waals surface area contributed by atoms with Crippen LogP contribution in [0.3, 0.4) is 0 Å². The van der Waals surface area contributed by atoms with E-state index in [0.717, 1.165) is 38.6 Å². The summed E-state index contributed by atoms with van der Waals surface area (Å²) in [6.07, 6.45) is 0. The average Bonchev–Trinajstić information content (AvgIpc) is 3.21. The third-order valence-corrected chi connectivity index (χ3v) is 9.38. The maximum Gasteiger partial charge on any atom is 0.164 e. The van der Waals surface area contributed by atoms with Crippen LogP contribution in [0.1, 0.15) is 0 Å². The normalized spacial score (nSPS) is 11.2. The molecule has 0 atom stereocenters. The Balaban J connectivity index is 1.14. The molecular formula is C47H31N3. The van der Waals surface area contributed by atoms with E-state index < -0.39 is 0 Å². The van der Waals surface area contributed by atoms with Gasteiger partial charge in [0.15, 0.2) is 17.5 Å². The van der Waals surface area contributed by atoms with Crippen molar-refractivity contribution >= 4 is 21.5 Å². The fourth-order valence-corrected chi connectivity index (χ4v) is 6.83. The molecule has 1 aromatic heterocycles. The summed E-state index contributed by atoms with van der Waals surface area (Å²) < 4.78 is 0. The highest BCUT2D eigenvalue weighted by molar-refractivity contribution is 6.09. The summed E-state index contributed by atoms with van der Waals surface area (Å²) in [5.74, 6) is 1.94. The van der Waals surface area contributed by atoms with Gasteiger partial charge in [0.1, 0.15) is 0 Å². The summed E-state index contributed by atoms with van der Waals surface area (Å²) in [4.78, 5) is 15.2. The van der Waals surface area contributed by atoms with Gasteiger partial charge in [0.25, 0.3) is 0 Å². The predicted molar refractivity (Wildman–Crippen MR) is 207 cm³/mol. The van der Waals surface area contributed by atoms with E-state index in [1.807, 2.05) is 36.4 Å². The smallest absolute Gasteiger partial charge is 0.164 e. The highest BCUT2D eigenvalue weighted by Crippen LogP contribution is 2.38. The molecule has 9 aromatic rings. The van der Waals surface area contributed by atoms with Crippen molar-refractivity contribution < 1.29 is 0 Å². The lowest BCUT2D eigenvalue weighted by Crippen LogP contribution is -2.00. The van der Waals surface area contributed by atoms with E-state index >= 15 is 0 Å². The summed E-state index contributed by atoms with van der Waals surface area (Å²) in [6.45, 7) is 0. The number of fused-ring (bicyclic) bond motifs is 2. The molecule has 1 heterocycles. The lowest BCUT2D eigenvalue weighted by molar-refractivity contribution is 1.08. The molecule has 0 aliphatic heterocycles. The molecule has 0 aliphatic carbocycles. The second-order valence-electron chi connectivity index (χ2n) is 12.4. The monoisotopic (exact) mass is 637 g/mol. The van der Waals surface area contributed by atoms with Gasteiger partial charge in [-0.25, -0.2) is 15.0 Å². The summed E-state index contributed by atoms with van der Waals surface area (Å²) in [7, 11) is 0. The van der Waals surface area contributed by atoms with Crippen LogP contribution in [0.25, 0.3) is 89.1 Å². The van der Waals surface area contributed by atoms with Crippen LogP contribution in [0.15, 0.2) is 188 Å². The lowest BCUT2D eigenvalue weighted by atomic mass is 9.92. The van der Waals surface area contributed by atoms with Crippen LogP contribution in [-0.4, -0.2) is 15.0 Å². The average molecular weight is 638 g/mol. The number of benzene rings is 8. The third kappa shape index (κ3) is 5.51. The van der Waals surface area contributed by atoms with E-state index in [-0.39, 0.29) is 0 Å². The molecule has 0 saturated heterocycles. The summed E-state index contributed by atoms with van der Waals surface area (Å²) >= 11 is 0. The Labute approximate surface area is 291 Å². The van der Waals surface area contributed by atoms with Crippen LogP contribution in [-0.2, 0) is 0 Å². The molecule has 8 aromatic carbocycles. The number of hydrogen-bond donors (Lipinski definition) is 0. The van der Waals surface area contributed by atoms with E-state index in [1.165, 1.54) is 33.0 Å². The number of nitrogens with zero attached hydrogens (tertiary/aromatic N) is 3. The number of hydrogen-bond acceptors (Lipinski definition) is 3. The van der Waals surface area contributed by atoms with Gasteiger partial charge in [0.2, 0.25) is 0 Å². The molecule has 3 nitrogen and oxygen atoms in total. The molecule has 9 rings (SSSR count). The lowest BCUT2D eigenvalue weighted by Gasteiger charge is -2.14. The summed E-state index contributed by atoms with van der Waals surface area (Å²) in [6, 6.07) is 65.8. The first-order valence-corrected chi connectivity index (χ1v) is 16.9. The van der Waals surface area contributed by atoms with E-state index in [4.69, 9.17) is 15.0 Å². The van der Waals surface area contributed by atoms with Crippen molar-refractivity contribution in [3.63, 3.8) is 0 Å². The Morgan fingerprint density at radius 3 is 1.22 bits per heavy atom. The Morgan fingerprint density at radius 2 is 0.600 bits per heavy atom. The minimum absolute atomic E-state index is 0.641. The Kier molecular flexibility index (Phi) is 7.49. The van der Waals surface area contributed by atoms with Crippen molar-refractivity contribution in [2.45, 2.75) is 0 Å². The fraction of sp³-hybridized carbons (Fsp3) is 0. The first-order chi connectivity index (χ1) is 24.8. The molecule has 0 bridgehead atoms. The maximum atomic E-state index is 5.13. The number of aromatic nitrogens is 3. The summed E-state index contributed by atoms with van der Waals surface area (Å²) in [5.41, 5.74) is 9.97. The zero-order valence-electron chi connectivity index (χ0n) is 27.2. The van der Waals surface area contributed by atoms with Crippen LogP contribution in [0, 0.1) is 0 Å². The van der Waals surface area contributed by atoms with Gasteiger partial charge in [0, 0.05) is 16.7 Å². The van der Waals surface area contributed by atoms with Crippen LogP contribution < -0.4 is 0 Å². The molecule has 0 saturated carbocycles. The second kappa shape index (κ2) is 12.7. The second-order valence-corrected chi connectivity index (χ2v) is 12.4. The van der Waals surface area contributed by atoms with Gasteiger partial charge in [-0.05, 0) is 61.0 Å². The predicted octanol–water partition coefficient (Wildman–Crippen LogP) is 12.2. The van der Waals surface area contributed by atoms with Gasteiger partial charge < -0.3 is 0 Å². The van der Waals surface area contributed by atoms with E-state index in [2.05, 4.69) is 152 Å². The highest BCUT2D eigenvalue weighted by atomic mass is 15.0. The minimum Gasteiger partial charge on any atom is -0.208 e. The molecule has 0 unspecified atom stereocenters. The van der Waals surface area contributed by atoms with Crippen LogP contribution in [0.2, 0.25) is 0 Å². The van der Waals surface area contributed by atoms with Crippen molar-refractivity contribution in [2.24, 2.45) is 0 Å². The van der Waals surface area contributed by atoms with Gasteiger partial charge in [-0.15, -0.1) is 0 Å². The molecule has 3 heteroatoms. The van der Waals surface area contributed by atoms with Gasteiger partial charge in [-0.1, -0.05) is 182 Å². The van der Waals surface area contributed by atoms with Crippen LogP contribution in [0.4, 0.5) is 0 Å². The molecule has 0 fully saturated rings. The number of rotatable bonds is 6. The molecule has 0 N–H and O–H groups in total. The molecule has 234 valence electrons. The SMILES string of the molecule is c1ccc(-c2ccc(-c3ccc(-c4nc(-c5ccccc5)nc(-c5ccc(-c6cccc7ccccc67)c6ccccc56)n4)cc3)cc2)cc1. The molecule has 0 aliphatic rings. The molecule has 0 radical (unpaired) electrons.